The number of rotatable bonds is 6. The van der Waals surface area contributed by atoms with Gasteiger partial charge in [-0.2, -0.15) is 0 Å². The maximum atomic E-state index is 6.16. The van der Waals surface area contributed by atoms with Gasteiger partial charge >= 0.3 is 0 Å². The number of fused-ring (bicyclic) bond motifs is 1. The Morgan fingerprint density at radius 3 is 2.29 bits per heavy atom. The Bertz CT molecular complexity index is 1040. The van der Waals surface area contributed by atoms with E-state index in [0.717, 1.165) is 37.2 Å². The maximum absolute atomic E-state index is 6.16. The molecule has 2 aliphatic rings. The van der Waals surface area contributed by atoms with Crippen LogP contribution in [0.3, 0.4) is 0 Å². The minimum Gasteiger partial charge on any atom is -0.493 e. The van der Waals surface area contributed by atoms with E-state index in [1.54, 1.807) is 0 Å². The summed E-state index contributed by atoms with van der Waals surface area (Å²) in [5.74, 6) is 1.92. The van der Waals surface area contributed by atoms with Crippen molar-refractivity contribution in [3.8, 4) is 16.9 Å². The van der Waals surface area contributed by atoms with Crippen molar-refractivity contribution < 1.29 is 4.74 Å². The topological polar surface area (TPSA) is 12.5 Å². The maximum Gasteiger partial charge on any atom is 0.119 e. The molecule has 2 heteroatoms. The molecule has 0 unspecified atom stereocenters. The monoisotopic (exact) mass is 411 g/mol. The first kappa shape index (κ1) is 20.3. The van der Waals surface area contributed by atoms with Gasteiger partial charge in [0, 0.05) is 25.6 Å². The first-order chi connectivity index (χ1) is 15.1. The molecular formula is C29H33NO. The van der Waals surface area contributed by atoms with Crippen LogP contribution in [-0.4, -0.2) is 17.5 Å². The van der Waals surface area contributed by atoms with E-state index in [4.69, 9.17) is 4.74 Å². The number of hydrogen-bond donors (Lipinski definition) is 0. The van der Waals surface area contributed by atoms with E-state index in [2.05, 4.69) is 86.3 Å². The molecule has 1 saturated carbocycles. The fraction of sp³-hybridized carbons (Fsp3) is 0.379. The van der Waals surface area contributed by atoms with Gasteiger partial charge in [0.25, 0.3) is 0 Å². The Hall–Kier alpha value is -2.58. The number of ether oxygens (including phenoxy) is 1. The quantitative estimate of drug-likeness (QED) is 0.447. The molecule has 0 aromatic heterocycles. The van der Waals surface area contributed by atoms with Crippen LogP contribution in [-0.2, 0) is 19.5 Å². The third kappa shape index (κ3) is 4.27. The molecule has 3 aromatic rings. The molecule has 1 aliphatic heterocycles. The van der Waals surface area contributed by atoms with Gasteiger partial charge in [0.05, 0.1) is 6.61 Å². The fourth-order valence-corrected chi connectivity index (χ4v) is 5.45. The smallest absolute Gasteiger partial charge is 0.119 e. The van der Waals surface area contributed by atoms with Crippen molar-refractivity contribution in [2.24, 2.45) is 5.92 Å². The Morgan fingerprint density at radius 1 is 0.871 bits per heavy atom. The molecule has 1 fully saturated rings. The van der Waals surface area contributed by atoms with Crippen molar-refractivity contribution in [3.63, 3.8) is 0 Å². The lowest BCUT2D eigenvalue weighted by Crippen LogP contribution is -2.40. The van der Waals surface area contributed by atoms with Gasteiger partial charge in [-0.1, -0.05) is 55.5 Å². The molecule has 160 valence electrons. The second kappa shape index (κ2) is 8.51. The van der Waals surface area contributed by atoms with Crippen molar-refractivity contribution >= 4 is 0 Å². The molecule has 0 atom stereocenters. The lowest BCUT2D eigenvalue weighted by molar-refractivity contribution is 0.0842. The summed E-state index contributed by atoms with van der Waals surface area (Å²) >= 11 is 0. The van der Waals surface area contributed by atoms with E-state index in [1.165, 1.54) is 51.8 Å². The van der Waals surface area contributed by atoms with Crippen LogP contribution in [0.15, 0.2) is 60.7 Å². The highest BCUT2D eigenvalue weighted by molar-refractivity contribution is 5.71. The molecular weight excluding hydrogens is 378 g/mol. The molecule has 2 nitrogen and oxygen atoms in total. The van der Waals surface area contributed by atoms with E-state index in [-0.39, 0.29) is 0 Å². The Morgan fingerprint density at radius 2 is 1.58 bits per heavy atom. The third-order valence-electron chi connectivity index (χ3n) is 7.10. The zero-order valence-corrected chi connectivity index (χ0v) is 19.0. The van der Waals surface area contributed by atoms with Gasteiger partial charge in [-0.25, -0.2) is 0 Å². The van der Waals surface area contributed by atoms with E-state index in [0.29, 0.717) is 6.61 Å². The normalized spacial score (nSPS) is 20.4. The van der Waals surface area contributed by atoms with Crippen molar-refractivity contribution in [1.82, 2.24) is 4.90 Å². The molecule has 1 aliphatic carbocycles. The Balaban J connectivity index is 1.20. The van der Waals surface area contributed by atoms with Gasteiger partial charge in [0.2, 0.25) is 0 Å². The van der Waals surface area contributed by atoms with Crippen LogP contribution in [0.5, 0.6) is 5.75 Å². The highest BCUT2D eigenvalue weighted by Gasteiger charge is 2.33. The first-order valence-corrected chi connectivity index (χ1v) is 11.7. The zero-order chi connectivity index (χ0) is 21.4. The number of hydrogen-bond acceptors (Lipinski definition) is 2. The average molecular weight is 412 g/mol. The Kier molecular flexibility index (Phi) is 5.58. The van der Waals surface area contributed by atoms with E-state index in [1.807, 2.05) is 0 Å². The van der Waals surface area contributed by atoms with E-state index in [9.17, 15) is 0 Å². The van der Waals surface area contributed by atoms with Gasteiger partial charge in [0.1, 0.15) is 5.75 Å². The van der Waals surface area contributed by atoms with Gasteiger partial charge in [-0.3, -0.25) is 4.90 Å². The second-order valence-corrected chi connectivity index (χ2v) is 9.64. The minimum atomic E-state index is 0.714. The number of aryl methyl sites for hydroxylation is 2. The fourth-order valence-electron chi connectivity index (χ4n) is 5.45. The predicted octanol–water partition coefficient (Wildman–Crippen LogP) is 6.71. The van der Waals surface area contributed by atoms with Gasteiger partial charge in [-0.15, -0.1) is 0 Å². The predicted molar refractivity (Wildman–Crippen MR) is 128 cm³/mol. The molecule has 0 spiro atoms. The van der Waals surface area contributed by atoms with Crippen LogP contribution in [0.2, 0.25) is 0 Å². The first-order valence-electron chi connectivity index (χ1n) is 11.7. The van der Waals surface area contributed by atoms with Gasteiger partial charge < -0.3 is 4.74 Å². The van der Waals surface area contributed by atoms with Gasteiger partial charge in [0.15, 0.2) is 0 Å². The van der Waals surface area contributed by atoms with Crippen molar-refractivity contribution in [2.45, 2.75) is 59.2 Å². The lowest BCUT2D eigenvalue weighted by Gasteiger charge is -2.39. The molecule has 31 heavy (non-hydrogen) atoms. The largest absolute Gasteiger partial charge is 0.493 e. The van der Waals surface area contributed by atoms with Crippen LogP contribution in [0.4, 0.5) is 0 Å². The minimum absolute atomic E-state index is 0.714. The summed E-state index contributed by atoms with van der Waals surface area (Å²) in [6.07, 6.45) is 3.65. The summed E-state index contributed by atoms with van der Waals surface area (Å²) in [6.45, 7) is 9.71. The number of nitrogens with zero attached hydrogens (tertiary/aromatic N) is 1. The van der Waals surface area contributed by atoms with Crippen LogP contribution in [0, 0.1) is 19.8 Å². The van der Waals surface area contributed by atoms with Crippen molar-refractivity contribution in [1.29, 1.82) is 0 Å². The number of benzene rings is 3. The van der Waals surface area contributed by atoms with Crippen LogP contribution >= 0.6 is 0 Å². The molecule has 1 heterocycles. The summed E-state index contributed by atoms with van der Waals surface area (Å²) in [5.41, 5.74) is 9.61. The van der Waals surface area contributed by atoms with Crippen molar-refractivity contribution in [3.05, 3.63) is 88.5 Å². The molecule has 5 rings (SSSR count). The standard InChI is InChI=1S/C29H33NO/c1-20-13-27(14-20)30-18-25-9-10-28(17-26(25)19-30)31-12-11-23-15-21(2)29(22(3)16-23)24-7-5-4-6-8-24/h4-10,15-17,20,27H,11-14,18-19H2,1-3H3. The molecule has 3 aromatic carbocycles. The van der Waals surface area contributed by atoms with E-state index < -0.39 is 0 Å². The zero-order valence-electron chi connectivity index (χ0n) is 19.0. The molecule has 0 amide bonds. The average Bonchev–Trinajstić information content (AvgIpc) is 3.14. The summed E-state index contributed by atoms with van der Waals surface area (Å²) in [4.78, 5) is 2.65. The summed E-state index contributed by atoms with van der Waals surface area (Å²) < 4.78 is 6.16. The SMILES string of the molecule is Cc1cc(CCOc2ccc3c(c2)CN(C2CC(C)C2)C3)cc(C)c1-c1ccccc1. The van der Waals surface area contributed by atoms with E-state index >= 15 is 0 Å². The third-order valence-corrected chi connectivity index (χ3v) is 7.10. The van der Waals surface area contributed by atoms with Crippen LogP contribution in [0.1, 0.15) is 47.6 Å². The van der Waals surface area contributed by atoms with Crippen molar-refractivity contribution in [2.75, 3.05) is 6.61 Å². The summed E-state index contributed by atoms with van der Waals surface area (Å²) in [6, 6.07) is 22.8. The van der Waals surface area contributed by atoms with Crippen LogP contribution < -0.4 is 4.74 Å². The molecule has 0 radical (unpaired) electrons. The lowest BCUT2D eigenvalue weighted by atomic mass is 9.81. The Labute approximate surface area is 186 Å². The van der Waals surface area contributed by atoms with Gasteiger partial charge in [-0.05, 0) is 83.7 Å². The molecule has 0 bridgehead atoms. The molecule has 0 saturated heterocycles. The molecule has 0 N–H and O–H groups in total. The summed E-state index contributed by atoms with van der Waals surface area (Å²) in [7, 11) is 0. The van der Waals surface area contributed by atoms with Crippen LogP contribution in [0.25, 0.3) is 11.1 Å². The summed E-state index contributed by atoms with van der Waals surface area (Å²) in [5, 5.41) is 0. The highest BCUT2D eigenvalue weighted by atomic mass is 16.5. The second-order valence-electron chi connectivity index (χ2n) is 9.64. The highest BCUT2D eigenvalue weighted by Crippen LogP contribution is 2.37.